The molecule has 0 spiro atoms. The molecule has 0 saturated carbocycles. The second-order valence-electron chi connectivity index (χ2n) is 5.73. The van der Waals surface area contributed by atoms with Crippen molar-refractivity contribution in [2.24, 2.45) is 4.99 Å². The Morgan fingerprint density at radius 1 is 1.48 bits per heavy atom. The first-order chi connectivity index (χ1) is 12.8. The van der Waals surface area contributed by atoms with Crippen molar-refractivity contribution in [2.75, 3.05) is 26.1 Å². The van der Waals surface area contributed by atoms with Gasteiger partial charge in [-0.05, 0) is 13.0 Å². The number of thioether (sulfide) groups is 1. The maximum Gasteiger partial charge on any atom is 0.271 e. The van der Waals surface area contributed by atoms with Gasteiger partial charge in [0.1, 0.15) is 11.0 Å². The van der Waals surface area contributed by atoms with Crippen LogP contribution in [0.5, 0.6) is 5.75 Å². The first-order valence-corrected chi connectivity index (χ1v) is 8.88. The Morgan fingerprint density at radius 3 is 2.85 bits per heavy atom. The Hall–Kier alpha value is -2.66. The quantitative estimate of drug-likeness (QED) is 0.503. The van der Waals surface area contributed by atoms with Gasteiger partial charge in [0.25, 0.3) is 5.69 Å². The maximum atomic E-state index is 12.3. The number of amides is 2. The molecule has 27 heavy (non-hydrogen) atoms. The fraction of sp³-hybridized carbons (Fsp3) is 0.438. The number of amidine groups is 1. The molecule has 1 aromatic rings. The molecule has 2 atom stereocenters. The third-order valence-corrected chi connectivity index (χ3v) is 4.66. The van der Waals surface area contributed by atoms with E-state index >= 15 is 0 Å². The van der Waals surface area contributed by atoms with E-state index in [1.807, 2.05) is 6.92 Å². The minimum Gasteiger partial charge on any atom is -0.495 e. The minimum atomic E-state index is -0.636. The molecule has 2 rings (SSSR count). The van der Waals surface area contributed by atoms with Crippen LogP contribution in [0, 0.1) is 10.1 Å². The number of non-ortho nitro benzene ring substituents is 1. The highest BCUT2D eigenvalue weighted by Crippen LogP contribution is 2.30. The number of ether oxygens (including phenoxy) is 2. The van der Waals surface area contributed by atoms with Gasteiger partial charge in [-0.1, -0.05) is 11.8 Å². The summed E-state index contributed by atoms with van der Waals surface area (Å²) in [5.41, 5.74) is -0.0108. The molecule has 146 valence electrons. The Morgan fingerprint density at radius 2 is 2.22 bits per heavy atom. The van der Waals surface area contributed by atoms with Gasteiger partial charge < -0.3 is 20.1 Å². The number of hydrogen-bond acceptors (Lipinski definition) is 8. The minimum absolute atomic E-state index is 0.111. The number of nitrogens with one attached hydrogen (secondary N) is 2. The van der Waals surface area contributed by atoms with Crippen LogP contribution in [0.2, 0.25) is 0 Å². The van der Waals surface area contributed by atoms with Crippen LogP contribution in [0.4, 0.5) is 11.4 Å². The number of benzene rings is 1. The molecule has 1 fully saturated rings. The molecule has 1 heterocycles. The zero-order chi connectivity index (χ0) is 20.0. The molecule has 0 unspecified atom stereocenters. The predicted octanol–water partition coefficient (Wildman–Crippen LogP) is 1.55. The van der Waals surface area contributed by atoms with Crippen molar-refractivity contribution in [3.8, 4) is 5.75 Å². The third-order valence-electron chi connectivity index (χ3n) is 3.56. The number of carbonyl (C=O) groups is 2. The number of rotatable bonds is 8. The Bertz CT molecular complexity index is 769. The molecule has 11 heteroatoms. The lowest BCUT2D eigenvalue weighted by Crippen LogP contribution is -2.28. The van der Waals surface area contributed by atoms with Gasteiger partial charge in [-0.2, -0.15) is 0 Å². The van der Waals surface area contributed by atoms with Gasteiger partial charge in [0, 0.05) is 25.7 Å². The molecular formula is C16H20N4O6S. The predicted molar refractivity (Wildman–Crippen MR) is 101 cm³/mol. The number of nitro groups is 1. The van der Waals surface area contributed by atoms with Crippen LogP contribution in [0.15, 0.2) is 23.2 Å². The van der Waals surface area contributed by atoms with Crippen molar-refractivity contribution in [1.82, 2.24) is 5.32 Å². The van der Waals surface area contributed by atoms with Crippen LogP contribution in [-0.2, 0) is 14.3 Å². The Labute approximate surface area is 159 Å². The van der Waals surface area contributed by atoms with E-state index in [-0.39, 0.29) is 35.5 Å². The molecule has 1 aromatic carbocycles. The number of hydrogen-bond donors (Lipinski definition) is 2. The first-order valence-electron chi connectivity index (χ1n) is 8.00. The molecule has 0 radical (unpaired) electrons. The van der Waals surface area contributed by atoms with E-state index in [1.54, 1.807) is 7.11 Å². The summed E-state index contributed by atoms with van der Waals surface area (Å²) in [6, 6.07) is 3.75. The number of nitrogens with zero attached hydrogens (tertiary/aromatic N) is 2. The maximum absolute atomic E-state index is 12.3. The topological polar surface area (TPSA) is 132 Å². The molecule has 1 saturated heterocycles. The highest BCUT2D eigenvalue weighted by molar-refractivity contribution is 8.15. The van der Waals surface area contributed by atoms with Crippen molar-refractivity contribution in [3.63, 3.8) is 0 Å². The number of nitro benzene ring substituents is 1. The van der Waals surface area contributed by atoms with Crippen molar-refractivity contribution in [1.29, 1.82) is 0 Å². The highest BCUT2D eigenvalue weighted by atomic mass is 32.2. The summed E-state index contributed by atoms with van der Waals surface area (Å²) >= 11 is 1.16. The van der Waals surface area contributed by atoms with Crippen LogP contribution in [-0.4, -0.2) is 54.0 Å². The molecule has 2 amide bonds. The molecule has 0 aliphatic carbocycles. The van der Waals surface area contributed by atoms with Crippen LogP contribution in [0.25, 0.3) is 0 Å². The van der Waals surface area contributed by atoms with Crippen molar-refractivity contribution < 1.29 is 24.0 Å². The summed E-state index contributed by atoms with van der Waals surface area (Å²) in [5, 5.41) is 15.9. The summed E-state index contributed by atoms with van der Waals surface area (Å²) in [6.45, 7) is 2.26. The molecule has 10 nitrogen and oxygen atoms in total. The Kier molecular flexibility index (Phi) is 7.13. The largest absolute Gasteiger partial charge is 0.495 e. The Balaban J connectivity index is 2.03. The lowest BCUT2D eigenvalue weighted by molar-refractivity contribution is -0.384. The monoisotopic (exact) mass is 396 g/mol. The fourth-order valence-corrected chi connectivity index (χ4v) is 3.43. The van der Waals surface area contributed by atoms with Crippen LogP contribution in [0.1, 0.15) is 13.3 Å². The lowest BCUT2D eigenvalue weighted by atomic mass is 10.2. The average Bonchev–Trinajstić information content (AvgIpc) is 2.93. The van der Waals surface area contributed by atoms with E-state index in [0.29, 0.717) is 11.8 Å². The highest BCUT2D eigenvalue weighted by Gasteiger charge is 2.32. The summed E-state index contributed by atoms with van der Waals surface area (Å²) in [7, 11) is 2.95. The van der Waals surface area contributed by atoms with Gasteiger partial charge in [0.05, 0.1) is 30.4 Å². The second kappa shape index (κ2) is 9.33. The van der Waals surface area contributed by atoms with Gasteiger partial charge in [-0.3, -0.25) is 24.7 Å². The number of methoxy groups -OCH3 is 2. The lowest BCUT2D eigenvalue weighted by Gasteiger charge is -2.11. The van der Waals surface area contributed by atoms with E-state index < -0.39 is 16.1 Å². The zero-order valence-corrected chi connectivity index (χ0v) is 15.9. The average molecular weight is 396 g/mol. The van der Waals surface area contributed by atoms with Gasteiger partial charge in [-0.15, -0.1) is 0 Å². The third kappa shape index (κ3) is 5.66. The molecule has 1 aliphatic rings. The van der Waals surface area contributed by atoms with Gasteiger partial charge in [-0.25, -0.2) is 0 Å². The molecular weight excluding hydrogens is 376 g/mol. The van der Waals surface area contributed by atoms with Gasteiger partial charge in [0.2, 0.25) is 11.8 Å². The van der Waals surface area contributed by atoms with E-state index in [1.165, 1.54) is 25.3 Å². The summed E-state index contributed by atoms with van der Waals surface area (Å²) in [5.74, 6) is -0.495. The zero-order valence-electron chi connectivity index (χ0n) is 15.1. The van der Waals surface area contributed by atoms with Crippen LogP contribution >= 0.6 is 11.8 Å². The first kappa shape index (κ1) is 20.6. The molecule has 2 N–H and O–H groups in total. The SMILES string of the molecule is COC[C@@H](C)N=C1NC(=O)[C@@H](CC(=O)Nc2cc([N+](=O)[O-])ccc2OC)S1. The van der Waals surface area contributed by atoms with E-state index in [9.17, 15) is 19.7 Å². The molecule has 0 aromatic heterocycles. The van der Waals surface area contributed by atoms with Crippen molar-refractivity contribution in [2.45, 2.75) is 24.6 Å². The standard InChI is InChI=1S/C16H20N4O6S/c1-9(8-25-2)17-16-19-15(22)13(27-16)7-14(21)18-11-6-10(20(23)24)4-5-12(11)26-3/h4-6,9,13H,7-8H2,1-3H3,(H,18,21)(H,17,19,22)/t9-,13-/m1/s1. The van der Waals surface area contributed by atoms with Crippen molar-refractivity contribution in [3.05, 3.63) is 28.3 Å². The molecule has 1 aliphatic heterocycles. The molecule has 0 bridgehead atoms. The van der Waals surface area contributed by atoms with Gasteiger partial charge >= 0.3 is 0 Å². The van der Waals surface area contributed by atoms with Crippen LogP contribution < -0.4 is 15.4 Å². The smallest absolute Gasteiger partial charge is 0.271 e. The summed E-state index contributed by atoms with van der Waals surface area (Å²) in [4.78, 5) is 39.0. The fourth-order valence-electron chi connectivity index (χ4n) is 2.36. The number of anilines is 1. The van der Waals surface area contributed by atoms with Crippen LogP contribution in [0.3, 0.4) is 0 Å². The number of carbonyl (C=O) groups excluding carboxylic acids is 2. The van der Waals surface area contributed by atoms with E-state index in [0.717, 1.165) is 11.8 Å². The van der Waals surface area contributed by atoms with E-state index in [4.69, 9.17) is 9.47 Å². The van der Waals surface area contributed by atoms with E-state index in [2.05, 4.69) is 15.6 Å². The summed E-state index contributed by atoms with van der Waals surface area (Å²) in [6.07, 6.45) is -0.111. The van der Waals surface area contributed by atoms with Crippen molar-refractivity contribution >= 4 is 40.1 Å². The van der Waals surface area contributed by atoms with Gasteiger partial charge in [0.15, 0.2) is 5.17 Å². The second-order valence-corrected chi connectivity index (χ2v) is 6.92. The number of aliphatic imine (C=N–C) groups is 1. The summed E-state index contributed by atoms with van der Waals surface area (Å²) < 4.78 is 10.1. The normalized spacial score (nSPS) is 18.9.